The quantitative estimate of drug-likeness (QED) is 0.698. The summed E-state index contributed by atoms with van der Waals surface area (Å²) in [5, 5.41) is 3.81. The third-order valence-electron chi connectivity index (χ3n) is 5.04. The molecule has 2 nitrogen and oxygen atoms in total. The van der Waals surface area contributed by atoms with Crippen LogP contribution in [-0.2, 0) is 0 Å². The number of rotatable bonds is 7. The van der Waals surface area contributed by atoms with Crippen molar-refractivity contribution in [2.75, 3.05) is 19.6 Å². The summed E-state index contributed by atoms with van der Waals surface area (Å²) < 4.78 is 0. The van der Waals surface area contributed by atoms with Crippen LogP contribution in [0.25, 0.3) is 0 Å². The number of hydrogen-bond acceptors (Lipinski definition) is 2. The first-order chi connectivity index (χ1) is 8.70. The van der Waals surface area contributed by atoms with Gasteiger partial charge in [0.25, 0.3) is 0 Å². The molecule has 1 aliphatic heterocycles. The Bertz CT molecular complexity index is 249. The summed E-state index contributed by atoms with van der Waals surface area (Å²) in [7, 11) is 0. The van der Waals surface area contributed by atoms with E-state index in [0.29, 0.717) is 5.54 Å². The van der Waals surface area contributed by atoms with Crippen molar-refractivity contribution < 1.29 is 0 Å². The summed E-state index contributed by atoms with van der Waals surface area (Å²) >= 11 is 0. The zero-order valence-corrected chi connectivity index (χ0v) is 12.7. The van der Waals surface area contributed by atoms with Crippen LogP contribution in [0.4, 0.5) is 0 Å². The predicted octanol–water partition coefficient (Wildman–Crippen LogP) is 3.42. The van der Waals surface area contributed by atoms with Crippen LogP contribution in [0, 0.1) is 5.92 Å². The molecule has 0 aromatic heterocycles. The van der Waals surface area contributed by atoms with Gasteiger partial charge in [0.2, 0.25) is 0 Å². The summed E-state index contributed by atoms with van der Waals surface area (Å²) in [5.74, 6) is 0.967. The largest absolute Gasteiger partial charge is 0.311 e. The number of piperazine rings is 1. The first-order valence-corrected chi connectivity index (χ1v) is 8.19. The Morgan fingerprint density at radius 2 is 1.94 bits per heavy atom. The van der Waals surface area contributed by atoms with E-state index in [0.717, 1.165) is 12.0 Å². The Labute approximate surface area is 114 Å². The third-order valence-corrected chi connectivity index (χ3v) is 5.04. The molecule has 1 saturated carbocycles. The highest BCUT2D eigenvalue weighted by atomic mass is 15.3. The number of hydrogen-bond donors (Lipinski definition) is 1. The number of unbranched alkanes of at least 4 members (excludes halogenated alkanes) is 2. The normalized spacial score (nSPS) is 33.8. The maximum absolute atomic E-state index is 3.81. The van der Waals surface area contributed by atoms with Crippen LogP contribution in [0.15, 0.2) is 0 Å². The van der Waals surface area contributed by atoms with Gasteiger partial charge in [0.05, 0.1) is 0 Å². The Hall–Kier alpha value is -0.0800. The van der Waals surface area contributed by atoms with Gasteiger partial charge in [-0.3, -0.25) is 4.90 Å². The molecule has 106 valence electrons. The first kappa shape index (κ1) is 14.3. The van der Waals surface area contributed by atoms with Gasteiger partial charge < -0.3 is 5.32 Å². The molecule has 1 N–H and O–H groups in total. The molecule has 2 atom stereocenters. The molecule has 0 amide bonds. The third kappa shape index (κ3) is 3.27. The van der Waals surface area contributed by atoms with Gasteiger partial charge >= 0.3 is 0 Å². The van der Waals surface area contributed by atoms with Crippen molar-refractivity contribution in [2.24, 2.45) is 5.92 Å². The van der Waals surface area contributed by atoms with E-state index in [1.54, 1.807) is 0 Å². The molecule has 0 aromatic rings. The van der Waals surface area contributed by atoms with Crippen molar-refractivity contribution in [1.82, 2.24) is 10.2 Å². The second-order valence-electron chi connectivity index (χ2n) is 6.65. The highest BCUT2D eigenvalue weighted by Gasteiger charge is 2.47. The van der Waals surface area contributed by atoms with Gasteiger partial charge in [0.1, 0.15) is 0 Å². The Kier molecular flexibility index (Phi) is 5.08. The molecule has 18 heavy (non-hydrogen) atoms. The zero-order chi connectivity index (χ0) is 13.0. The average molecular weight is 252 g/mol. The molecule has 0 bridgehead atoms. The summed E-state index contributed by atoms with van der Waals surface area (Å²) in [4.78, 5) is 2.83. The molecule has 2 unspecified atom stereocenters. The summed E-state index contributed by atoms with van der Waals surface area (Å²) in [5.41, 5.74) is 0.456. The fourth-order valence-corrected chi connectivity index (χ4v) is 3.55. The van der Waals surface area contributed by atoms with Gasteiger partial charge in [-0.2, -0.15) is 0 Å². The van der Waals surface area contributed by atoms with Crippen LogP contribution in [0.2, 0.25) is 0 Å². The highest BCUT2D eigenvalue weighted by molar-refractivity contribution is 5.04. The van der Waals surface area contributed by atoms with Crippen molar-refractivity contribution in [1.29, 1.82) is 0 Å². The molecule has 2 aliphatic rings. The van der Waals surface area contributed by atoms with Crippen LogP contribution in [0.5, 0.6) is 0 Å². The standard InChI is InChI=1S/C16H32N2/c1-4-6-7-11-18-12-15(8-5-2)17-13-16(18,3)14-9-10-14/h14-15,17H,4-13H2,1-3H3. The topological polar surface area (TPSA) is 15.3 Å². The molecule has 1 heterocycles. The summed E-state index contributed by atoms with van der Waals surface area (Å²) in [6.45, 7) is 10.9. The fraction of sp³-hybridized carbons (Fsp3) is 1.00. The van der Waals surface area contributed by atoms with E-state index < -0.39 is 0 Å². The maximum atomic E-state index is 3.81. The minimum absolute atomic E-state index is 0.456. The van der Waals surface area contributed by atoms with E-state index in [9.17, 15) is 0 Å². The van der Waals surface area contributed by atoms with E-state index in [2.05, 4.69) is 31.0 Å². The van der Waals surface area contributed by atoms with Gasteiger partial charge in [-0.05, 0) is 45.1 Å². The lowest BCUT2D eigenvalue weighted by atomic mass is 9.88. The minimum Gasteiger partial charge on any atom is -0.311 e. The molecule has 1 aliphatic carbocycles. The van der Waals surface area contributed by atoms with Crippen molar-refractivity contribution in [3.63, 3.8) is 0 Å². The smallest absolute Gasteiger partial charge is 0.0334 e. The van der Waals surface area contributed by atoms with Crippen molar-refractivity contribution in [3.8, 4) is 0 Å². The molecule has 0 spiro atoms. The minimum atomic E-state index is 0.456. The van der Waals surface area contributed by atoms with Gasteiger partial charge in [0.15, 0.2) is 0 Å². The monoisotopic (exact) mass is 252 g/mol. The molecule has 2 heteroatoms. The molecule has 2 rings (SSSR count). The number of nitrogens with zero attached hydrogens (tertiary/aromatic N) is 1. The van der Waals surface area contributed by atoms with Gasteiger partial charge in [0, 0.05) is 24.7 Å². The Morgan fingerprint density at radius 3 is 2.56 bits per heavy atom. The SMILES string of the molecule is CCCCCN1CC(CCC)NCC1(C)C1CC1. The number of nitrogens with one attached hydrogen (secondary N) is 1. The lowest BCUT2D eigenvalue weighted by Crippen LogP contribution is -2.64. The lowest BCUT2D eigenvalue weighted by Gasteiger charge is -2.49. The molecule has 2 fully saturated rings. The molecular formula is C16H32N2. The van der Waals surface area contributed by atoms with E-state index in [1.807, 2.05) is 0 Å². The van der Waals surface area contributed by atoms with E-state index in [4.69, 9.17) is 0 Å². The average Bonchev–Trinajstić information content (AvgIpc) is 3.18. The maximum Gasteiger partial charge on any atom is 0.0334 e. The first-order valence-electron chi connectivity index (χ1n) is 8.19. The van der Waals surface area contributed by atoms with E-state index in [-0.39, 0.29) is 0 Å². The highest BCUT2D eigenvalue weighted by Crippen LogP contribution is 2.44. The Morgan fingerprint density at radius 1 is 1.17 bits per heavy atom. The molecular weight excluding hydrogens is 220 g/mol. The van der Waals surface area contributed by atoms with Crippen LogP contribution in [0.1, 0.15) is 65.7 Å². The molecule has 1 saturated heterocycles. The second-order valence-corrected chi connectivity index (χ2v) is 6.65. The van der Waals surface area contributed by atoms with Gasteiger partial charge in [-0.15, -0.1) is 0 Å². The van der Waals surface area contributed by atoms with Crippen molar-refractivity contribution in [3.05, 3.63) is 0 Å². The fourth-order valence-electron chi connectivity index (χ4n) is 3.55. The Balaban J connectivity index is 1.92. The van der Waals surface area contributed by atoms with E-state index >= 15 is 0 Å². The van der Waals surface area contributed by atoms with E-state index in [1.165, 1.54) is 64.6 Å². The van der Waals surface area contributed by atoms with Crippen LogP contribution in [0.3, 0.4) is 0 Å². The van der Waals surface area contributed by atoms with Crippen LogP contribution >= 0.6 is 0 Å². The lowest BCUT2D eigenvalue weighted by molar-refractivity contribution is 0.0317. The molecule has 0 radical (unpaired) electrons. The summed E-state index contributed by atoms with van der Waals surface area (Å²) in [6.07, 6.45) is 9.68. The van der Waals surface area contributed by atoms with Gasteiger partial charge in [-0.25, -0.2) is 0 Å². The predicted molar refractivity (Wildman–Crippen MR) is 78.9 cm³/mol. The zero-order valence-electron chi connectivity index (χ0n) is 12.7. The second kappa shape index (κ2) is 6.38. The van der Waals surface area contributed by atoms with Crippen LogP contribution in [-0.4, -0.2) is 36.1 Å². The van der Waals surface area contributed by atoms with Crippen molar-refractivity contribution in [2.45, 2.75) is 77.3 Å². The van der Waals surface area contributed by atoms with Crippen molar-refractivity contribution >= 4 is 0 Å². The summed E-state index contributed by atoms with van der Waals surface area (Å²) in [6, 6.07) is 0.739. The van der Waals surface area contributed by atoms with Gasteiger partial charge in [-0.1, -0.05) is 33.1 Å². The molecule has 0 aromatic carbocycles. The van der Waals surface area contributed by atoms with Crippen LogP contribution < -0.4 is 5.32 Å².